The van der Waals surface area contributed by atoms with Gasteiger partial charge in [-0.2, -0.15) is 0 Å². The molecule has 1 aromatic carbocycles. The molecular formula is C28H29FN6O. The van der Waals surface area contributed by atoms with Crippen molar-refractivity contribution in [3.05, 3.63) is 101 Å². The second-order valence-electron chi connectivity index (χ2n) is 9.61. The lowest BCUT2D eigenvalue weighted by molar-refractivity contribution is 0.0925. The van der Waals surface area contributed by atoms with Crippen LogP contribution in [0.3, 0.4) is 0 Å². The Bertz CT molecular complexity index is 1500. The molecule has 8 heteroatoms. The van der Waals surface area contributed by atoms with Gasteiger partial charge < -0.3 is 14.5 Å². The van der Waals surface area contributed by atoms with E-state index in [1.807, 2.05) is 51.5 Å². The third kappa shape index (κ3) is 4.98. The number of carbonyl (C=O) groups is 1. The molecule has 1 aliphatic rings. The fourth-order valence-corrected chi connectivity index (χ4v) is 4.50. The Balaban J connectivity index is 1.53. The first-order chi connectivity index (χ1) is 17.3. The topological polar surface area (TPSA) is 88.6 Å². The van der Waals surface area contributed by atoms with Gasteiger partial charge in [0.15, 0.2) is 0 Å². The van der Waals surface area contributed by atoms with Crippen molar-refractivity contribution in [3.8, 4) is 11.3 Å². The van der Waals surface area contributed by atoms with E-state index in [1.54, 1.807) is 27.5 Å². The zero-order valence-electron chi connectivity index (χ0n) is 20.6. The zero-order valence-corrected chi connectivity index (χ0v) is 20.6. The van der Waals surface area contributed by atoms with Gasteiger partial charge in [-0.05, 0) is 91.8 Å². The fraction of sp³-hybridized carbons (Fsp3) is 0.286. The number of rotatable bonds is 7. The van der Waals surface area contributed by atoms with Crippen LogP contribution in [0.5, 0.6) is 0 Å². The minimum Gasteiger partial charge on any atom is -0.342 e. The van der Waals surface area contributed by atoms with Gasteiger partial charge in [0.05, 0.1) is 24.0 Å². The van der Waals surface area contributed by atoms with E-state index in [-0.39, 0.29) is 23.5 Å². The Kier molecular flexibility index (Phi) is 6.26. The average molecular weight is 485 g/mol. The first kappa shape index (κ1) is 23.7. The number of carbonyl (C=O) groups excluding carboxylic acids is 1. The predicted molar refractivity (Wildman–Crippen MR) is 135 cm³/mol. The molecule has 184 valence electrons. The maximum atomic E-state index is 13.8. The van der Waals surface area contributed by atoms with E-state index in [1.165, 1.54) is 12.1 Å². The highest BCUT2D eigenvalue weighted by molar-refractivity contribution is 5.93. The number of nitrogens with zero attached hydrogens (tertiary/aromatic N) is 4. The first-order valence-corrected chi connectivity index (χ1v) is 12.1. The Morgan fingerprint density at radius 1 is 1.17 bits per heavy atom. The average Bonchev–Trinajstić information content (AvgIpc) is 3.64. The molecule has 0 spiro atoms. The second-order valence-corrected chi connectivity index (χ2v) is 9.61. The number of benzene rings is 1. The third-order valence-electron chi connectivity index (χ3n) is 6.65. The molecule has 1 amide bonds. The number of aromatic nitrogens is 4. The highest BCUT2D eigenvalue weighted by atomic mass is 19.1. The Hall–Kier alpha value is -4.07. The molecule has 1 unspecified atom stereocenters. The minimum absolute atomic E-state index is 0.179. The summed E-state index contributed by atoms with van der Waals surface area (Å²) in [6.45, 7) is 4.25. The van der Waals surface area contributed by atoms with Crippen molar-refractivity contribution in [1.82, 2.24) is 24.4 Å². The molecule has 5 rings (SSSR count). The van der Waals surface area contributed by atoms with Crippen LogP contribution in [0.4, 0.5) is 4.39 Å². The van der Waals surface area contributed by atoms with Crippen LogP contribution in [-0.2, 0) is 13.6 Å². The SMILES string of the molecule is Cc1ccnc(C(NC(=O)c2cc(Cn3ccn(C)c3=N)cc(-c3ccc(F)cc3C)n2)C2CC2)c1. The van der Waals surface area contributed by atoms with Gasteiger partial charge in [0.25, 0.3) is 5.91 Å². The largest absolute Gasteiger partial charge is 0.342 e. The van der Waals surface area contributed by atoms with Crippen molar-refractivity contribution < 1.29 is 9.18 Å². The van der Waals surface area contributed by atoms with E-state index in [9.17, 15) is 9.18 Å². The van der Waals surface area contributed by atoms with Crippen molar-refractivity contribution in [1.29, 1.82) is 5.41 Å². The molecule has 7 nitrogen and oxygen atoms in total. The number of halogens is 1. The van der Waals surface area contributed by atoms with Crippen molar-refractivity contribution in [2.75, 3.05) is 0 Å². The quantitative estimate of drug-likeness (QED) is 0.406. The van der Waals surface area contributed by atoms with Gasteiger partial charge in [0.1, 0.15) is 11.5 Å². The molecule has 1 aliphatic carbocycles. The van der Waals surface area contributed by atoms with Crippen molar-refractivity contribution >= 4 is 5.91 Å². The highest BCUT2D eigenvalue weighted by Gasteiger charge is 2.35. The number of amides is 1. The first-order valence-electron chi connectivity index (χ1n) is 12.1. The van der Waals surface area contributed by atoms with Crippen molar-refractivity contribution in [2.24, 2.45) is 13.0 Å². The number of pyridine rings is 2. The molecule has 0 saturated heterocycles. The normalized spacial score (nSPS) is 14.0. The fourth-order valence-electron chi connectivity index (χ4n) is 4.50. The van der Waals surface area contributed by atoms with Crippen LogP contribution in [-0.4, -0.2) is 25.0 Å². The van der Waals surface area contributed by atoms with Crippen LogP contribution >= 0.6 is 0 Å². The van der Waals surface area contributed by atoms with E-state index in [2.05, 4.69) is 10.3 Å². The van der Waals surface area contributed by atoms with Gasteiger partial charge >= 0.3 is 0 Å². The minimum atomic E-state index is -0.318. The summed E-state index contributed by atoms with van der Waals surface area (Å²) in [7, 11) is 1.81. The number of imidazole rings is 1. The van der Waals surface area contributed by atoms with Gasteiger partial charge in [-0.3, -0.25) is 15.2 Å². The Labute approximate surface area is 209 Å². The van der Waals surface area contributed by atoms with Crippen LogP contribution in [0.2, 0.25) is 0 Å². The van der Waals surface area contributed by atoms with Gasteiger partial charge in [0, 0.05) is 31.2 Å². The molecule has 3 heterocycles. The highest BCUT2D eigenvalue weighted by Crippen LogP contribution is 2.40. The van der Waals surface area contributed by atoms with E-state index in [0.29, 0.717) is 23.8 Å². The molecule has 2 N–H and O–H groups in total. The second kappa shape index (κ2) is 9.53. The zero-order chi connectivity index (χ0) is 25.4. The van der Waals surface area contributed by atoms with Gasteiger partial charge in [-0.15, -0.1) is 0 Å². The van der Waals surface area contributed by atoms with Crippen LogP contribution in [0.15, 0.2) is 61.1 Å². The molecule has 36 heavy (non-hydrogen) atoms. The lowest BCUT2D eigenvalue weighted by Gasteiger charge is -2.19. The summed E-state index contributed by atoms with van der Waals surface area (Å²) >= 11 is 0. The molecule has 4 aromatic rings. The number of nitrogens with one attached hydrogen (secondary N) is 2. The Morgan fingerprint density at radius 3 is 2.64 bits per heavy atom. The Morgan fingerprint density at radius 2 is 1.97 bits per heavy atom. The standard InChI is InChI=1S/C28H29FN6O/c1-17-8-9-31-24(12-17)26(20-4-5-20)33-27(36)25-15-19(16-35-11-10-34(3)28(35)30)14-23(32-25)22-7-6-21(29)13-18(22)2/h6-15,20,26,30H,4-5,16H2,1-3H3,(H,33,36). The van der Waals surface area contributed by atoms with Gasteiger partial charge in [-0.1, -0.05) is 0 Å². The van der Waals surface area contributed by atoms with Crippen LogP contribution in [0, 0.1) is 31.0 Å². The number of hydrogen-bond acceptors (Lipinski definition) is 4. The monoisotopic (exact) mass is 484 g/mol. The lowest BCUT2D eigenvalue weighted by Crippen LogP contribution is -2.31. The number of hydrogen-bond donors (Lipinski definition) is 2. The third-order valence-corrected chi connectivity index (χ3v) is 6.65. The summed E-state index contributed by atoms with van der Waals surface area (Å²) in [4.78, 5) is 22.7. The molecule has 1 fully saturated rings. The maximum absolute atomic E-state index is 13.8. The van der Waals surface area contributed by atoms with Crippen molar-refractivity contribution in [3.63, 3.8) is 0 Å². The van der Waals surface area contributed by atoms with Gasteiger partial charge in [-0.25, -0.2) is 9.37 Å². The molecule has 3 aromatic heterocycles. The lowest BCUT2D eigenvalue weighted by atomic mass is 10.0. The molecule has 1 atom stereocenters. The molecule has 0 aliphatic heterocycles. The summed E-state index contributed by atoms with van der Waals surface area (Å²) < 4.78 is 17.3. The summed E-state index contributed by atoms with van der Waals surface area (Å²) in [6, 6.07) is 12.0. The summed E-state index contributed by atoms with van der Waals surface area (Å²) in [5.74, 6) is -0.236. The smallest absolute Gasteiger partial charge is 0.270 e. The molecule has 0 bridgehead atoms. The summed E-state index contributed by atoms with van der Waals surface area (Å²) in [5, 5.41) is 11.5. The van der Waals surface area contributed by atoms with E-state index in [0.717, 1.165) is 40.8 Å². The number of aryl methyl sites for hydroxylation is 3. The molecule has 0 radical (unpaired) electrons. The molecule has 1 saturated carbocycles. The van der Waals surface area contributed by atoms with E-state index >= 15 is 0 Å². The summed E-state index contributed by atoms with van der Waals surface area (Å²) in [6.07, 6.45) is 7.51. The van der Waals surface area contributed by atoms with Crippen molar-refractivity contribution in [2.45, 2.75) is 39.3 Å². The van der Waals surface area contributed by atoms with Crippen LogP contribution < -0.4 is 10.9 Å². The van der Waals surface area contributed by atoms with E-state index < -0.39 is 0 Å². The van der Waals surface area contributed by atoms with Crippen LogP contribution in [0.25, 0.3) is 11.3 Å². The van der Waals surface area contributed by atoms with Gasteiger partial charge in [0.2, 0.25) is 5.62 Å². The molecular weight excluding hydrogens is 455 g/mol. The van der Waals surface area contributed by atoms with Crippen LogP contribution in [0.1, 0.15) is 51.8 Å². The van der Waals surface area contributed by atoms with E-state index in [4.69, 9.17) is 10.4 Å². The summed E-state index contributed by atoms with van der Waals surface area (Å²) in [5.41, 5.74) is 5.50. The predicted octanol–water partition coefficient (Wildman–Crippen LogP) is 4.45. The maximum Gasteiger partial charge on any atom is 0.270 e.